The quantitative estimate of drug-likeness (QED) is 0.377. The van der Waals surface area contributed by atoms with Crippen molar-refractivity contribution >= 4 is 51.4 Å². The Morgan fingerprint density at radius 3 is 2.73 bits per heavy atom. The van der Waals surface area contributed by atoms with Crippen molar-refractivity contribution in [3.8, 4) is 11.5 Å². The topological polar surface area (TPSA) is 59.9 Å². The highest BCUT2D eigenvalue weighted by atomic mass is 79.9. The highest BCUT2D eigenvalue weighted by Crippen LogP contribution is 2.33. The van der Waals surface area contributed by atoms with Crippen molar-refractivity contribution < 1.29 is 14.3 Å². The molecule has 0 unspecified atom stereocenters. The molecule has 0 atom stereocenters. The Hall–Kier alpha value is -1.70. The molecule has 0 radical (unpaired) electrons. The minimum atomic E-state index is -0.236. The predicted molar refractivity (Wildman–Crippen MR) is 110 cm³/mol. The van der Waals surface area contributed by atoms with Gasteiger partial charge in [0, 0.05) is 20.0 Å². The van der Waals surface area contributed by atoms with Crippen molar-refractivity contribution in [2.45, 2.75) is 11.3 Å². The molecule has 138 valence electrons. The van der Waals surface area contributed by atoms with E-state index in [4.69, 9.17) is 21.1 Å². The minimum absolute atomic E-state index is 0.188. The summed E-state index contributed by atoms with van der Waals surface area (Å²) in [5.41, 5.74) is 4.06. The standard InChI is InChI=1S/C18H18BrClN2O3S/c1-24-15-9-13(19)6-12(18(15)25-2)10-21-22-17(23)8-11-7-14(20)4-5-16(11)26-3/h4-7,9-10H,8H2,1-3H3,(H,22,23)/b21-10-. The minimum Gasteiger partial charge on any atom is -0.493 e. The molecule has 0 aliphatic rings. The number of thioether (sulfide) groups is 1. The van der Waals surface area contributed by atoms with E-state index in [0.29, 0.717) is 22.1 Å². The third kappa shape index (κ3) is 5.40. The van der Waals surface area contributed by atoms with Gasteiger partial charge in [0.15, 0.2) is 11.5 Å². The fourth-order valence-electron chi connectivity index (χ4n) is 2.33. The van der Waals surface area contributed by atoms with E-state index in [0.717, 1.165) is 14.9 Å². The molecular weight excluding hydrogens is 440 g/mol. The number of ether oxygens (including phenoxy) is 2. The molecule has 0 bridgehead atoms. The number of benzene rings is 2. The summed E-state index contributed by atoms with van der Waals surface area (Å²) in [6.45, 7) is 0. The lowest BCUT2D eigenvalue weighted by Crippen LogP contribution is -2.20. The summed E-state index contributed by atoms with van der Waals surface area (Å²) in [4.78, 5) is 13.2. The molecular formula is C18H18BrClN2O3S. The summed E-state index contributed by atoms with van der Waals surface area (Å²) in [5, 5.41) is 4.62. The average Bonchev–Trinajstić information content (AvgIpc) is 2.61. The summed E-state index contributed by atoms with van der Waals surface area (Å²) >= 11 is 11.0. The van der Waals surface area contributed by atoms with Gasteiger partial charge in [-0.1, -0.05) is 27.5 Å². The van der Waals surface area contributed by atoms with Crippen LogP contribution >= 0.6 is 39.3 Å². The summed E-state index contributed by atoms with van der Waals surface area (Å²) < 4.78 is 11.4. The van der Waals surface area contributed by atoms with Gasteiger partial charge < -0.3 is 9.47 Å². The molecule has 0 aliphatic heterocycles. The van der Waals surface area contributed by atoms with E-state index < -0.39 is 0 Å². The predicted octanol–water partition coefficient (Wildman–Crippen LogP) is 4.53. The molecule has 0 aliphatic carbocycles. The maximum Gasteiger partial charge on any atom is 0.244 e. The fraction of sp³-hybridized carbons (Fsp3) is 0.222. The lowest BCUT2D eigenvalue weighted by Gasteiger charge is -2.11. The van der Waals surface area contributed by atoms with E-state index in [1.165, 1.54) is 6.21 Å². The summed E-state index contributed by atoms with van der Waals surface area (Å²) in [6, 6.07) is 9.11. The van der Waals surface area contributed by atoms with Gasteiger partial charge in [0.2, 0.25) is 5.91 Å². The van der Waals surface area contributed by atoms with Gasteiger partial charge in [-0.25, -0.2) is 5.43 Å². The maximum atomic E-state index is 12.2. The van der Waals surface area contributed by atoms with Crippen LogP contribution in [0.15, 0.2) is 44.8 Å². The van der Waals surface area contributed by atoms with Gasteiger partial charge in [0.1, 0.15) is 0 Å². The summed E-state index contributed by atoms with van der Waals surface area (Å²) in [6.07, 6.45) is 3.65. The number of methoxy groups -OCH3 is 2. The summed E-state index contributed by atoms with van der Waals surface area (Å²) in [5.74, 6) is 0.867. The van der Waals surface area contributed by atoms with Crippen molar-refractivity contribution in [2.75, 3.05) is 20.5 Å². The first-order valence-corrected chi connectivity index (χ1v) is 9.94. The van der Waals surface area contributed by atoms with Crippen LogP contribution < -0.4 is 14.9 Å². The second-order valence-electron chi connectivity index (χ2n) is 5.16. The van der Waals surface area contributed by atoms with Crippen LogP contribution in [0.5, 0.6) is 11.5 Å². The van der Waals surface area contributed by atoms with Crippen LogP contribution in [0.1, 0.15) is 11.1 Å². The van der Waals surface area contributed by atoms with Crippen LogP contribution in [-0.4, -0.2) is 32.6 Å². The molecule has 0 saturated carbocycles. The smallest absolute Gasteiger partial charge is 0.244 e. The number of rotatable bonds is 7. The lowest BCUT2D eigenvalue weighted by molar-refractivity contribution is -0.120. The van der Waals surface area contributed by atoms with Crippen LogP contribution in [0.3, 0.4) is 0 Å². The zero-order chi connectivity index (χ0) is 19.1. The second-order valence-corrected chi connectivity index (χ2v) is 7.36. The monoisotopic (exact) mass is 456 g/mol. The van der Waals surface area contributed by atoms with Gasteiger partial charge in [-0.3, -0.25) is 4.79 Å². The molecule has 0 saturated heterocycles. The van der Waals surface area contributed by atoms with Crippen LogP contribution in [-0.2, 0) is 11.2 Å². The van der Waals surface area contributed by atoms with E-state index in [-0.39, 0.29) is 12.3 Å². The van der Waals surface area contributed by atoms with Gasteiger partial charge in [0.25, 0.3) is 0 Å². The van der Waals surface area contributed by atoms with Crippen molar-refractivity contribution in [3.05, 3.63) is 51.0 Å². The first kappa shape index (κ1) is 20.6. The first-order valence-electron chi connectivity index (χ1n) is 7.54. The Kier molecular flexibility index (Phi) is 7.81. The molecule has 2 rings (SSSR count). The molecule has 1 amide bonds. The molecule has 1 N–H and O–H groups in total. The van der Waals surface area contributed by atoms with Crippen LogP contribution in [0.4, 0.5) is 0 Å². The Morgan fingerprint density at radius 1 is 1.31 bits per heavy atom. The van der Waals surface area contributed by atoms with Crippen molar-refractivity contribution in [3.63, 3.8) is 0 Å². The number of carbonyl (C=O) groups is 1. The molecule has 26 heavy (non-hydrogen) atoms. The second kappa shape index (κ2) is 9.85. The molecule has 2 aromatic carbocycles. The lowest BCUT2D eigenvalue weighted by atomic mass is 10.1. The van der Waals surface area contributed by atoms with E-state index in [1.54, 1.807) is 44.2 Å². The van der Waals surface area contributed by atoms with Gasteiger partial charge in [-0.05, 0) is 42.2 Å². The average molecular weight is 458 g/mol. The summed E-state index contributed by atoms with van der Waals surface area (Å²) in [7, 11) is 3.10. The molecule has 0 aromatic heterocycles. The van der Waals surface area contributed by atoms with E-state index in [1.807, 2.05) is 18.4 Å². The molecule has 8 heteroatoms. The van der Waals surface area contributed by atoms with Crippen molar-refractivity contribution in [1.29, 1.82) is 0 Å². The number of halogens is 2. The maximum absolute atomic E-state index is 12.2. The van der Waals surface area contributed by atoms with Gasteiger partial charge >= 0.3 is 0 Å². The highest BCUT2D eigenvalue weighted by molar-refractivity contribution is 9.10. The SMILES string of the molecule is COc1cc(Br)cc(/C=N\NC(=O)Cc2cc(Cl)ccc2SC)c1OC. The molecule has 5 nitrogen and oxygen atoms in total. The number of hydrogen-bond donors (Lipinski definition) is 1. The third-order valence-corrected chi connectivity index (χ3v) is 4.99. The number of amides is 1. The van der Waals surface area contributed by atoms with Crippen molar-refractivity contribution in [2.24, 2.45) is 5.10 Å². The molecule has 2 aromatic rings. The Bertz CT molecular complexity index is 830. The van der Waals surface area contributed by atoms with Gasteiger partial charge in [-0.15, -0.1) is 11.8 Å². The van der Waals surface area contributed by atoms with Crippen molar-refractivity contribution in [1.82, 2.24) is 5.43 Å². The van der Waals surface area contributed by atoms with E-state index >= 15 is 0 Å². The number of carbonyl (C=O) groups excluding carboxylic acids is 1. The molecule has 0 heterocycles. The van der Waals surface area contributed by atoms with Gasteiger partial charge in [-0.2, -0.15) is 5.10 Å². The number of nitrogens with one attached hydrogen (secondary N) is 1. The highest BCUT2D eigenvalue weighted by Gasteiger charge is 2.11. The van der Waals surface area contributed by atoms with Crippen LogP contribution in [0.2, 0.25) is 5.02 Å². The van der Waals surface area contributed by atoms with E-state index in [9.17, 15) is 4.79 Å². The largest absolute Gasteiger partial charge is 0.493 e. The van der Waals surface area contributed by atoms with Gasteiger partial charge in [0.05, 0.1) is 26.9 Å². The number of hydrogen-bond acceptors (Lipinski definition) is 5. The first-order chi connectivity index (χ1) is 12.5. The fourth-order valence-corrected chi connectivity index (χ4v) is 3.57. The van der Waals surface area contributed by atoms with Crippen LogP contribution in [0.25, 0.3) is 0 Å². The molecule has 0 spiro atoms. The Morgan fingerprint density at radius 2 is 2.08 bits per heavy atom. The number of nitrogens with zero attached hydrogens (tertiary/aromatic N) is 1. The zero-order valence-corrected chi connectivity index (χ0v) is 17.7. The molecule has 0 fully saturated rings. The zero-order valence-electron chi connectivity index (χ0n) is 14.5. The normalized spacial score (nSPS) is 10.8. The Balaban J connectivity index is 2.10. The van der Waals surface area contributed by atoms with E-state index in [2.05, 4.69) is 26.5 Å². The number of hydrazone groups is 1. The third-order valence-electron chi connectivity index (χ3n) is 3.46. The Labute approximate surface area is 170 Å². The van der Waals surface area contributed by atoms with Crippen LogP contribution in [0, 0.1) is 0 Å².